The maximum Gasteiger partial charge on any atom is 0.0705 e. The number of nitrogens with zero attached hydrogens (tertiary/aromatic N) is 1. The molecule has 3 rings (SSSR count). The van der Waals surface area contributed by atoms with Gasteiger partial charge >= 0.3 is 0 Å². The van der Waals surface area contributed by atoms with Crippen LogP contribution in [0.2, 0.25) is 0 Å². The van der Waals surface area contributed by atoms with Crippen molar-refractivity contribution in [3.63, 3.8) is 0 Å². The number of rotatable bonds is 4. The Hall–Kier alpha value is -1.71. The van der Waals surface area contributed by atoms with Gasteiger partial charge in [0.2, 0.25) is 0 Å². The number of halogens is 1. The van der Waals surface area contributed by atoms with E-state index in [1.54, 1.807) is 0 Å². The minimum atomic E-state index is 0.310. The lowest BCUT2D eigenvalue weighted by atomic mass is 10.1. The number of benzene rings is 2. The summed E-state index contributed by atoms with van der Waals surface area (Å²) in [6.07, 6.45) is 1.88. The highest BCUT2D eigenvalue weighted by Gasteiger charge is 2.06. The molecule has 1 heterocycles. The van der Waals surface area contributed by atoms with Gasteiger partial charge in [-0.2, -0.15) is 0 Å². The summed E-state index contributed by atoms with van der Waals surface area (Å²) in [5.41, 5.74) is 3.62. The third-order valence-corrected chi connectivity index (χ3v) is 4.24. The molecule has 2 aromatic carbocycles. The Morgan fingerprint density at radius 1 is 1.05 bits per heavy atom. The fraction of sp³-hybridized carbons (Fsp3) is 0.167. The lowest BCUT2D eigenvalue weighted by molar-refractivity contribution is 0.576. The molecule has 0 saturated heterocycles. The number of nitrogens with one attached hydrogen (secondary N) is 1. The minimum absolute atomic E-state index is 0.310. The van der Waals surface area contributed by atoms with Crippen molar-refractivity contribution < 1.29 is 0 Å². The number of fused-ring (bicyclic) bond motifs is 1. The van der Waals surface area contributed by atoms with Crippen molar-refractivity contribution in [2.45, 2.75) is 19.5 Å². The third-order valence-electron chi connectivity index (χ3n) is 3.71. The molecule has 3 aromatic rings. The van der Waals surface area contributed by atoms with Crippen LogP contribution in [0.1, 0.15) is 24.1 Å². The second-order valence-electron chi connectivity index (χ2n) is 5.14. The van der Waals surface area contributed by atoms with Crippen LogP contribution in [0.3, 0.4) is 0 Å². The second-order valence-corrected chi connectivity index (χ2v) is 6.06. The Morgan fingerprint density at radius 3 is 2.62 bits per heavy atom. The van der Waals surface area contributed by atoms with Gasteiger partial charge in [-0.05, 0) is 42.3 Å². The number of aromatic nitrogens is 1. The molecule has 2 nitrogen and oxygen atoms in total. The van der Waals surface area contributed by atoms with E-state index >= 15 is 0 Å². The van der Waals surface area contributed by atoms with Crippen LogP contribution in [-0.2, 0) is 6.54 Å². The summed E-state index contributed by atoms with van der Waals surface area (Å²) in [6, 6.07) is 19.1. The first-order valence-corrected chi connectivity index (χ1v) is 7.85. The van der Waals surface area contributed by atoms with E-state index in [-0.39, 0.29) is 0 Å². The van der Waals surface area contributed by atoms with Gasteiger partial charge < -0.3 is 5.32 Å². The molecule has 0 fully saturated rings. The molecule has 0 aliphatic heterocycles. The number of hydrogen-bond donors (Lipinski definition) is 1. The van der Waals surface area contributed by atoms with E-state index in [0.717, 1.165) is 16.5 Å². The van der Waals surface area contributed by atoms with E-state index in [4.69, 9.17) is 0 Å². The van der Waals surface area contributed by atoms with Crippen LogP contribution in [0.4, 0.5) is 0 Å². The molecule has 106 valence electrons. The summed E-state index contributed by atoms with van der Waals surface area (Å²) in [7, 11) is 0. The zero-order valence-corrected chi connectivity index (χ0v) is 13.5. The van der Waals surface area contributed by atoms with Gasteiger partial charge in [-0.3, -0.25) is 4.98 Å². The van der Waals surface area contributed by atoms with Crippen molar-refractivity contribution in [1.29, 1.82) is 0 Å². The zero-order valence-electron chi connectivity index (χ0n) is 11.9. The lowest BCUT2D eigenvalue weighted by Gasteiger charge is -2.15. The van der Waals surface area contributed by atoms with E-state index in [2.05, 4.69) is 81.7 Å². The summed E-state index contributed by atoms with van der Waals surface area (Å²) >= 11 is 3.47. The highest BCUT2D eigenvalue weighted by atomic mass is 79.9. The molecule has 1 N–H and O–H groups in total. The predicted octanol–water partition coefficient (Wildman–Crippen LogP) is 4.85. The van der Waals surface area contributed by atoms with E-state index in [1.165, 1.54) is 16.5 Å². The van der Waals surface area contributed by atoms with Crippen molar-refractivity contribution in [2.75, 3.05) is 0 Å². The Kier molecular flexibility index (Phi) is 4.32. The first kappa shape index (κ1) is 14.2. The summed E-state index contributed by atoms with van der Waals surface area (Å²) in [6.45, 7) is 3.02. The first-order chi connectivity index (χ1) is 10.2. The van der Waals surface area contributed by atoms with Gasteiger partial charge in [0, 0.05) is 28.6 Å². The van der Waals surface area contributed by atoms with Crippen LogP contribution in [0.15, 0.2) is 65.3 Å². The molecule has 0 saturated carbocycles. The average molecular weight is 341 g/mol. The van der Waals surface area contributed by atoms with Crippen LogP contribution >= 0.6 is 15.9 Å². The fourth-order valence-corrected chi connectivity index (χ4v) is 2.71. The van der Waals surface area contributed by atoms with Gasteiger partial charge in [-0.15, -0.1) is 0 Å². The smallest absolute Gasteiger partial charge is 0.0705 e. The quantitative estimate of drug-likeness (QED) is 0.734. The number of pyridine rings is 1. The topological polar surface area (TPSA) is 24.9 Å². The zero-order chi connectivity index (χ0) is 14.7. The van der Waals surface area contributed by atoms with Crippen molar-refractivity contribution in [1.82, 2.24) is 10.3 Å². The largest absolute Gasteiger partial charge is 0.306 e. The maximum absolute atomic E-state index is 4.40. The Balaban J connectivity index is 1.76. The standard InChI is InChI=1S/C18H17BrN2/c1-13(14-6-8-16(19)9-7-14)21-12-15-10-11-20-18-5-3-2-4-17(15)18/h2-11,13,21H,12H2,1H3. The lowest BCUT2D eigenvalue weighted by Crippen LogP contribution is -2.18. The van der Waals surface area contributed by atoms with Crippen molar-refractivity contribution >= 4 is 26.8 Å². The van der Waals surface area contributed by atoms with Crippen LogP contribution in [0.25, 0.3) is 10.9 Å². The molecule has 0 aliphatic carbocycles. The van der Waals surface area contributed by atoms with Crippen LogP contribution in [-0.4, -0.2) is 4.98 Å². The highest BCUT2D eigenvalue weighted by Crippen LogP contribution is 2.19. The summed E-state index contributed by atoms with van der Waals surface area (Å²) in [5.74, 6) is 0. The summed E-state index contributed by atoms with van der Waals surface area (Å²) < 4.78 is 1.11. The molecule has 1 aromatic heterocycles. The molecule has 1 unspecified atom stereocenters. The molecule has 0 radical (unpaired) electrons. The number of para-hydroxylation sites is 1. The van der Waals surface area contributed by atoms with Crippen LogP contribution in [0.5, 0.6) is 0 Å². The van der Waals surface area contributed by atoms with Gasteiger partial charge in [0.15, 0.2) is 0 Å². The third kappa shape index (κ3) is 3.31. The average Bonchev–Trinajstić information content (AvgIpc) is 2.53. The van der Waals surface area contributed by atoms with E-state index in [0.29, 0.717) is 6.04 Å². The SMILES string of the molecule is CC(NCc1ccnc2ccccc12)c1ccc(Br)cc1. The highest BCUT2D eigenvalue weighted by molar-refractivity contribution is 9.10. The predicted molar refractivity (Wildman–Crippen MR) is 91.1 cm³/mol. The van der Waals surface area contributed by atoms with Crippen molar-refractivity contribution in [3.8, 4) is 0 Å². The van der Waals surface area contributed by atoms with Crippen molar-refractivity contribution in [3.05, 3.63) is 76.4 Å². The first-order valence-electron chi connectivity index (χ1n) is 7.05. The van der Waals surface area contributed by atoms with Crippen LogP contribution in [0, 0.1) is 0 Å². The maximum atomic E-state index is 4.40. The normalized spacial score (nSPS) is 12.5. The molecule has 0 spiro atoms. The summed E-state index contributed by atoms with van der Waals surface area (Å²) in [4.78, 5) is 4.40. The Morgan fingerprint density at radius 2 is 1.81 bits per heavy atom. The molecule has 3 heteroatoms. The fourth-order valence-electron chi connectivity index (χ4n) is 2.44. The Bertz CT molecular complexity index is 732. The monoisotopic (exact) mass is 340 g/mol. The minimum Gasteiger partial charge on any atom is -0.306 e. The molecule has 1 atom stereocenters. The van der Waals surface area contributed by atoms with E-state index < -0.39 is 0 Å². The molecular weight excluding hydrogens is 324 g/mol. The van der Waals surface area contributed by atoms with Gasteiger partial charge in [0.25, 0.3) is 0 Å². The van der Waals surface area contributed by atoms with Gasteiger partial charge in [-0.1, -0.05) is 46.3 Å². The molecule has 0 aliphatic rings. The Labute approximate surface area is 133 Å². The molecule has 21 heavy (non-hydrogen) atoms. The van der Waals surface area contributed by atoms with E-state index in [1.807, 2.05) is 12.3 Å². The van der Waals surface area contributed by atoms with Crippen LogP contribution < -0.4 is 5.32 Å². The molecular formula is C18H17BrN2. The van der Waals surface area contributed by atoms with Gasteiger partial charge in [-0.25, -0.2) is 0 Å². The second kappa shape index (κ2) is 6.37. The van der Waals surface area contributed by atoms with Gasteiger partial charge in [0.1, 0.15) is 0 Å². The molecule has 0 bridgehead atoms. The van der Waals surface area contributed by atoms with Gasteiger partial charge in [0.05, 0.1) is 5.52 Å². The molecule has 0 amide bonds. The number of hydrogen-bond acceptors (Lipinski definition) is 2. The van der Waals surface area contributed by atoms with Crippen molar-refractivity contribution in [2.24, 2.45) is 0 Å². The van der Waals surface area contributed by atoms with E-state index in [9.17, 15) is 0 Å². The summed E-state index contributed by atoms with van der Waals surface area (Å²) in [5, 5.41) is 4.80.